The van der Waals surface area contributed by atoms with Gasteiger partial charge in [0.25, 0.3) is 0 Å². The maximum Gasteiger partial charge on any atom is 0.326 e. The van der Waals surface area contributed by atoms with Gasteiger partial charge in [-0.1, -0.05) is 62.7 Å². The molecule has 0 saturated carbocycles. The number of aliphatic hydroxyl groups excluding tert-OH is 1. The van der Waals surface area contributed by atoms with Crippen molar-refractivity contribution in [2.75, 3.05) is 6.61 Å². The van der Waals surface area contributed by atoms with Crippen molar-refractivity contribution >= 4 is 23.7 Å². The average Bonchev–Trinajstić information content (AvgIpc) is 2.91. The number of nitrogens with one attached hydrogen (secondary N) is 3. The standard InChI is InChI=1S/C27H36N4O7/c1-3-16(2)23(28)26(36)31-22(15-32)25(35)29-20(13-17-7-5-4-6-8-17)24(34)30-21(27(37)38)14-18-9-11-19(33)12-10-18/h4-12,16,20-23,32-33H,3,13-15,28H2,1-2H3,(H,29,35)(H,30,34)(H,31,36)(H,37,38). The lowest BCUT2D eigenvalue weighted by atomic mass is 9.99. The number of carbonyl (C=O) groups is 4. The van der Waals surface area contributed by atoms with Crippen LogP contribution in [0.15, 0.2) is 54.6 Å². The Morgan fingerprint density at radius 2 is 1.29 bits per heavy atom. The van der Waals surface area contributed by atoms with Crippen molar-refractivity contribution in [3.05, 3.63) is 65.7 Å². The molecule has 5 unspecified atom stereocenters. The van der Waals surface area contributed by atoms with Crippen molar-refractivity contribution in [2.45, 2.75) is 57.3 Å². The molecule has 0 radical (unpaired) electrons. The molecule has 206 valence electrons. The fourth-order valence-corrected chi connectivity index (χ4v) is 3.65. The van der Waals surface area contributed by atoms with Crippen molar-refractivity contribution in [3.63, 3.8) is 0 Å². The van der Waals surface area contributed by atoms with Crippen LogP contribution in [0.5, 0.6) is 5.75 Å². The van der Waals surface area contributed by atoms with Gasteiger partial charge in [-0.25, -0.2) is 4.79 Å². The van der Waals surface area contributed by atoms with Gasteiger partial charge in [-0.15, -0.1) is 0 Å². The number of phenols is 1. The van der Waals surface area contributed by atoms with Crippen LogP contribution >= 0.6 is 0 Å². The van der Waals surface area contributed by atoms with Crippen molar-refractivity contribution in [1.29, 1.82) is 0 Å². The second-order valence-corrected chi connectivity index (χ2v) is 9.18. The highest BCUT2D eigenvalue weighted by Crippen LogP contribution is 2.12. The maximum atomic E-state index is 13.2. The number of aliphatic hydroxyl groups is 1. The summed E-state index contributed by atoms with van der Waals surface area (Å²) in [6, 6.07) is 9.90. The molecule has 3 amide bonds. The van der Waals surface area contributed by atoms with E-state index in [1.54, 1.807) is 49.4 Å². The number of benzene rings is 2. The van der Waals surface area contributed by atoms with Crippen LogP contribution < -0.4 is 21.7 Å². The highest BCUT2D eigenvalue weighted by Gasteiger charge is 2.31. The zero-order chi connectivity index (χ0) is 28.2. The number of nitrogens with two attached hydrogens (primary N) is 1. The molecule has 2 rings (SSSR count). The molecule has 0 aliphatic heterocycles. The van der Waals surface area contributed by atoms with Gasteiger partial charge in [-0.2, -0.15) is 0 Å². The summed E-state index contributed by atoms with van der Waals surface area (Å²) in [4.78, 5) is 50.5. The van der Waals surface area contributed by atoms with Crippen LogP contribution in [0, 0.1) is 5.92 Å². The first-order chi connectivity index (χ1) is 18.0. The van der Waals surface area contributed by atoms with E-state index in [-0.39, 0.29) is 24.5 Å². The lowest BCUT2D eigenvalue weighted by molar-refractivity contribution is -0.142. The molecule has 0 aliphatic rings. The summed E-state index contributed by atoms with van der Waals surface area (Å²) in [6.07, 6.45) is 0.609. The van der Waals surface area contributed by atoms with E-state index < -0.39 is 54.5 Å². The van der Waals surface area contributed by atoms with Crippen LogP contribution in [-0.2, 0) is 32.0 Å². The van der Waals surface area contributed by atoms with Crippen LogP contribution in [0.2, 0.25) is 0 Å². The SMILES string of the molecule is CCC(C)C(N)C(=O)NC(CO)C(=O)NC(Cc1ccccc1)C(=O)NC(Cc1ccc(O)cc1)C(=O)O. The van der Waals surface area contributed by atoms with E-state index in [1.165, 1.54) is 12.1 Å². The monoisotopic (exact) mass is 528 g/mol. The van der Waals surface area contributed by atoms with Gasteiger partial charge < -0.3 is 37.0 Å². The quantitative estimate of drug-likeness (QED) is 0.179. The van der Waals surface area contributed by atoms with Crippen molar-refractivity contribution in [1.82, 2.24) is 16.0 Å². The van der Waals surface area contributed by atoms with Gasteiger partial charge in [0.15, 0.2) is 0 Å². The number of aromatic hydroxyl groups is 1. The minimum atomic E-state index is -1.36. The third-order valence-corrected chi connectivity index (χ3v) is 6.28. The third kappa shape index (κ3) is 9.16. The molecule has 2 aromatic rings. The number of hydrogen-bond donors (Lipinski definition) is 7. The van der Waals surface area contributed by atoms with Crippen LogP contribution in [0.25, 0.3) is 0 Å². The van der Waals surface area contributed by atoms with E-state index in [1.807, 2.05) is 6.92 Å². The number of hydrogen-bond acceptors (Lipinski definition) is 7. The molecule has 5 atom stereocenters. The molecule has 8 N–H and O–H groups in total. The van der Waals surface area contributed by atoms with Gasteiger partial charge in [0.1, 0.15) is 23.9 Å². The van der Waals surface area contributed by atoms with Crippen molar-refractivity contribution in [2.24, 2.45) is 11.7 Å². The predicted octanol–water partition coefficient (Wildman–Crippen LogP) is 0.0821. The smallest absolute Gasteiger partial charge is 0.326 e. The van der Waals surface area contributed by atoms with E-state index >= 15 is 0 Å². The maximum absolute atomic E-state index is 13.2. The Kier molecular flexibility index (Phi) is 11.7. The topological polar surface area (TPSA) is 191 Å². The Bertz CT molecular complexity index is 1080. The van der Waals surface area contributed by atoms with Gasteiger partial charge in [0.05, 0.1) is 12.6 Å². The Hall–Kier alpha value is -3.96. The normalized spacial score (nSPS) is 14.8. The molecular formula is C27H36N4O7. The van der Waals surface area contributed by atoms with Gasteiger partial charge in [-0.3, -0.25) is 14.4 Å². The summed E-state index contributed by atoms with van der Waals surface area (Å²) in [7, 11) is 0. The van der Waals surface area contributed by atoms with Gasteiger partial charge in [0.2, 0.25) is 17.7 Å². The summed E-state index contributed by atoms with van der Waals surface area (Å²) in [6.45, 7) is 2.92. The van der Waals surface area contributed by atoms with E-state index in [0.717, 1.165) is 0 Å². The first kappa shape index (κ1) is 30.3. The Balaban J connectivity index is 2.19. The lowest BCUT2D eigenvalue weighted by Gasteiger charge is -2.25. The highest BCUT2D eigenvalue weighted by molar-refractivity contribution is 5.94. The second kappa shape index (κ2) is 14.7. The molecule has 11 nitrogen and oxygen atoms in total. The number of rotatable bonds is 14. The minimum absolute atomic E-state index is 0.0194. The summed E-state index contributed by atoms with van der Waals surface area (Å²) in [5.74, 6) is -3.61. The Morgan fingerprint density at radius 1 is 0.789 bits per heavy atom. The lowest BCUT2D eigenvalue weighted by Crippen LogP contribution is -2.59. The zero-order valence-electron chi connectivity index (χ0n) is 21.5. The number of aliphatic carboxylic acids is 1. The molecule has 0 fully saturated rings. The molecule has 2 aromatic carbocycles. The van der Waals surface area contributed by atoms with Crippen LogP contribution in [0.1, 0.15) is 31.4 Å². The van der Waals surface area contributed by atoms with E-state index in [9.17, 15) is 34.5 Å². The van der Waals surface area contributed by atoms with Gasteiger partial charge >= 0.3 is 5.97 Å². The first-order valence-electron chi connectivity index (χ1n) is 12.4. The average molecular weight is 529 g/mol. The van der Waals surface area contributed by atoms with Crippen LogP contribution in [-0.4, -0.2) is 69.8 Å². The molecule has 11 heteroatoms. The highest BCUT2D eigenvalue weighted by atomic mass is 16.4. The number of phenolic OH excluding ortho intramolecular Hbond substituents is 1. The van der Waals surface area contributed by atoms with Crippen LogP contribution in [0.3, 0.4) is 0 Å². The molecule has 0 saturated heterocycles. The fraction of sp³-hybridized carbons (Fsp3) is 0.407. The van der Waals surface area contributed by atoms with Crippen LogP contribution in [0.4, 0.5) is 0 Å². The molecule has 0 bridgehead atoms. The fourth-order valence-electron chi connectivity index (χ4n) is 3.65. The molecule has 0 aromatic heterocycles. The molecule has 0 spiro atoms. The summed E-state index contributed by atoms with van der Waals surface area (Å²) < 4.78 is 0. The van der Waals surface area contributed by atoms with Crippen molar-refractivity contribution in [3.8, 4) is 5.75 Å². The molecular weight excluding hydrogens is 492 g/mol. The van der Waals surface area contributed by atoms with E-state index in [4.69, 9.17) is 5.73 Å². The largest absolute Gasteiger partial charge is 0.508 e. The molecule has 0 heterocycles. The Labute approximate surface area is 221 Å². The van der Waals surface area contributed by atoms with Gasteiger partial charge in [-0.05, 0) is 29.2 Å². The first-order valence-corrected chi connectivity index (χ1v) is 12.4. The number of carbonyl (C=O) groups excluding carboxylic acids is 3. The minimum Gasteiger partial charge on any atom is -0.508 e. The molecule has 0 aliphatic carbocycles. The van der Waals surface area contributed by atoms with E-state index in [2.05, 4.69) is 16.0 Å². The van der Waals surface area contributed by atoms with E-state index in [0.29, 0.717) is 17.5 Å². The predicted molar refractivity (Wildman–Crippen MR) is 140 cm³/mol. The zero-order valence-corrected chi connectivity index (χ0v) is 21.5. The Morgan fingerprint density at radius 3 is 1.84 bits per heavy atom. The number of carboxylic acids is 1. The third-order valence-electron chi connectivity index (χ3n) is 6.28. The summed E-state index contributed by atoms with van der Waals surface area (Å²) >= 11 is 0. The summed E-state index contributed by atoms with van der Waals surface area (Å²) in [5.41, 5.74) is 7.19. The number of carboxylic acid groups (broad SMARTS) is 1. The summed E-state index contributed by atoms with van der Waals surface area (Å²) in [5, 5.41) is 36.3. The molecule has 38 heavy (non-hydrogen) atoms. The van der Waals surface area contributed by atoms with Crippen molar-refractivity contribution < 1.29 is 34.5 Å². The second-order valence-electron chi connectivity index (χ2n) is 9.18. The van der Waals surface area contributed by atoms with Gasteiger partial charge in [0, 0.05) is 12.8 Å². The number of amides is 3.